The van der Waals surface area contributed by atoms with E-state index in [4.69, 9.17) is 0 Å². The summed E-state index contributed by atoms with van der Waals surface area (Å²) in [6, 6.07) is 14.1. The number of amides is 1. The van der Waals surface area contributed by atoms with E-state index in [0.29, 0.717) is 17.4 Å². The molecule has 0 aliphatic heterocycles. The molecule has 0 aliphatic rings. The lowest BCUT2D eigenvalue weighted by Crippen LogP contribution is -2.25. The van der Waals surface area contributed by atoms with Crippen LogP contribution < -0.4 is 5.32 Å². The number of nitrogens with one attached hydrogen (secondary N) is 1. The van der Waals surface area contributed by atoms with Gasteiger partial charge in [0.2, 0.25) is 5.91 Å². The summed E-state index contributed by atoms with van der Waals surface area (Å²) in [5, 5.41) is 11.3. The van der Waals surface area contributed by atoms with Gasteiger partial charge in [0.1, 0.15) is 11.6 Å². The minimum absolute atomic E-state index is 0.123. The van der Waals surface area contributed by atoms with Crippen molar-refractivity contribution in [2.75, 3.05) is 5.32 Å². The third-order valence-electron chi connectivity index (χ3n) is 5.12. The van der Waals surface area contributed by atoms with Crippen LogP contribution >= 0.6 is 11.8 Å². The van der Waals surface area contributed by atoms with Crippen molar-refractivity contribution >= 4 is 33.2 Å². The van der Waals surface area contributed by atoms with E-state index in [-0.39, 0.29) is 21.8 Å². The van der Waals surface area contributed by atoms with Crippen molar-refractivity contribution in [3.05, 3.63) is 65.5 Å². The van der Waals surface area contributed by atoms with Crippen LogP contribution in [0, 0.1) is 13.8 Å². The van der Waals surface area contributed by atoms with Crippen molar-refractivity contribution in [1.29, 1.82) is 0 Å². The fourth-order valence-corrected chi connectivity index (χ4v) is 5.27. The lowest BCUT2D eigenvalue weighted by atomic mass is 10.1. The number of benzene rings is 2. The first kappa shape index (κ1) is 23.0. The molecule has 3 aromatic rings. The Balaban J connectivity index is 1.74. The first-order valence-corrected chi connectivity index (χ1v) is 12.5. The quantitative estimate of drug-likeness (QED) is 0.514. The average Bonchev–Trinajstić information content (AvgIpc) is 3.08. The number of thioether (sulfide) groups is 1. The summed E-state index contributed by atoms with van der Waals surface area (Å²) in [6.07, 6.45) is 0.589. The van der Waals surface area contributed by atoms with Crippen molar-refractivity contribution in [2.24, 2.45) is 7.05 Å². The van der Waals surface area contributed by atoms with Crippen LogP contribution in [0.1, 0.15) is 30.3 Å². The average molecular weight is 459 g/mol. The van der Waals surface area contributed by atoms with Crippen LogP contribution in [0.3, 0.4) is 0 Å². The maximum atomic E-state index is 12.9. The number of nitrogens with zero attached hydrogens (tertiary/aromatic N) is 3. The summed E-state index contributed by atoms with van der Waals surface area (Å²) in [4.78, 5) is 13.1. The molecular formula is C22H26N4O3S2. The molecule has 7 nitrogen and oxygen atoms in total. The molecule has 0 fully saturated rings. The topological polar surface area (TPSA) is 93.9 Å². The zero-order valence-electron chi connectivity index (χ0n) is 18.0. The maximum Gasteiger partial charge on any atom is 0.237 e. The molecule has 1 atom stereocenters. The molecule has 1 aromatic heterocycles. The Morgan fingerprint density at radius 1 is 1.10 bits per heavy atom. The number of hydrogen-bond acceptors (Lipinski definition) is 6. The summed E-state index contributed by atoms with van der Waals surface area (Å²) >= 11 is 1.28. The minimum atomic E-state index is -3.53. The normalized spacial score (nSPS) is 12.5. The molecule has 31 heavy (non-hydrogen) atoms. The molecule has 1 amide bonds. The molecule has 1 heterocycles. The molecule has 2 aromatic carbocycles. The van der Waals surface area contributed by atoms with E-state index in [0.717, 1.165) is 16.8 Å². The third-order valence-corrected chi connectivity index (χ3v) is 8.15. The van der Waals surface area contributed by atoms with Crippen LogP contribution in [0.15, 0.2) is 58.6 Å². The number of aryl methyl sites for hydroxylation is 1. The van der Waals surface area contributed by atoms with Gasteiger partial charge in [-0.25, -0.2) is 8.42 Å². The molecule has 1 N–H and O–H groups in total. The van der Waals surface area contributed by atoms with E-state index >= 15 is 0 Å². The summed E-state index contributed by atoms with van der Waals surface area (Å²) in [6.45, 7) is 5.90. The van der Waals surface area contributed by atoms with Gasteiger partial charge in [-0.15, -0.1) is 10.2 Å². The summed E-state index contributed by atoms with van der Waals surface area (Å²) in [5.74, 6) is -0.0502. The van der Waals surface area contributed by atoms with Gasteiger partial charge < -0.3 is 9.88 Å². The van der Waals surface area contributed by atoms with E-state index in [1.54, 1.807) is 41.9 Å². The van der Waals surface area contributed by atoms with Crippen molar-refractivity contribution in [3.8, 4) is 0 Å². The highest BCUT2D eigenvalue weighted by atomic mass is 32.2. The van der Waals surface area contributed by atoms with Crippen molar-refractivity contribution in [3.63, 3.8) is 0 Å². The Labute approximate surface area is 187 Å². The van der Waals surface area contributed by atoms with Gasteiger partial charge in [-0.1, -0.05) is 49.0 Å². The summed E-state index contributed by atoms with van der Waals surface area (Å²) in [7, 11) is -1.82. The fourth-order valence-electron chi connectivity index (χ4n) is 3.00. The van der Waals surface area contributed by atoms with Gasteiger partial charge in [0.05, 0.1) is 10.1 Å². The highest BCUT2D eigenvalue weighted by Gasteiger charge is 2.24. The number of aromatic nitrogens is 3. The largest absolute Gasteiger partial charge is 0.325 e. The number of sulfone groups is 1. The molecule has 164 valence electrons. The van der Waals surface area contributed by atoms with E-state index in [1.165, 1.54) is 11.8 Å². The maximum absolute atomic E-state index is 12.9. The van der Waals surface area contributed by atoms with E-state index in [2.05, 4.69) is 15.5 Å². The van der Waals surface area contributed by atoms with E-state index < -0.39 is 9.84 Å². The lowest BCUT2D eigenvalue weighted by molar-refractivity contribution is -0.115. The molecule has 0 saturated carbocycles. The van der Waals surface area contributed by atoms with Crippen LogP contribution in [0.5, 0.6) is 0 Å². The van der Waals surface area contributed by atoms with E-state index in [1.807, 2.05) is 39.0 Å². The Hall–Kier alpha value is -2.65. The van der Waals surface area contributed by atoms with Crippen LogP contribution in [0.25, 0.3) is 0 Å². The van der Waals surface area contributed by atoms with Gasteiger partial charge in [0.15, 0.2) is 15.0 Å². The van der Waals surface area contributed by atoms with Gasteiger partial charge in [-0.3, -0.25) is 4.79 Å². The Morgan fingerprint density at radius 2 is 1.81 bits per heavy atom. The standard InChI is InChI=1S/C22H26N4O3S2/c1-5-19(21(27)23-18-13-9-10-15(2)16(18)3)30-22-25-24-20(26(22)4)14-31(28,29)17-11-7-6-8-12-17/h6-13,19H,5,14H2,1-4H3,(H,23,27). The highest BCUT2D eigenvalue weighted by molar-refractivity contribution is 8.00. The molecule has 0 spiro atoms. The second-order valence-corrected chi connectivity index (χ2v) is 10.4. The minimum Gasteiger partial charge on any atom is -0.325 e. The van der Waals surface area contributed by atoms with Gasteiger partial charge >= 0.3 is 0 Å². The third kappa shape index (κ3) is 5.34. The molecule has 3 rings (SSSR count). The number of carbonyl (C=O) groups excluding carboxylic acids is 1. The molecular weight excluding hydrogens is 432 g/mol. The van der Waals surface area contributed by atoms with Gasteiger partial charge in [0.25, 0.3) is 0 Å². The molecule has 1 unspecified atom stereocenters. The monoisotopic (exact) mass is 458 g/mol. The fraction of sp³-hybridized carbons (Fsp3) is 0.318. The number of rotatable bonds is 8. The SMILES string of the molecule is CCC(Sc1nnc(CS(=O)(=O)c2ccccc2)n1C)C(=O)Nc1cccc(C)c1C. The van der Waals surface area contributed by atoms with Crippen molar-refractivity contribution < 1.29 is 13.2 Å². The Morgan fingerprint density at radius 3 is 2.48 bits per heavy atom. The second kappa shape index (κ2) is 9.65. The smallest absolute Gasteiger partial charge is 0.237 e. The van der Waals surface area contributed by atoms with E-state index in [9.17, 15) is 13.2 Å². The highest BCUT2D eigenvalue weighted by Crippen LogP contribution is 2.27. The molecule has 0 aliphatic carbocycles. The van der Waals surface area contributed by atoms with Crippen molar-refractivity contribution in [1.82, 2.24) is 14.8 Å². The Bertz CT molecular complexity index is 1170. The van der Waals surface area contributed by atoms with Gasteiger partial charge in [0, 0.05) is 12.7 Å². The predicted molar refractivity (Wildman–Crippen MR) is 123 cm³/mol. The molecule has 0 radical (unpaired) electrons. The first-order valence-electron chi connectivity index (χ1n) is 9.92. The van der Waals surface area contributed by atoms with Crippen LogP contribution in [0.2, 0.25) is 0 Å². The number of carbonyl (C=O) groups is 1. The number of anilines is 1. The zero-order chi connectivity index (χ0) is 22.6. The van der Waals surface area contributed by atoms with Gasteiger partial charge in [-0.2, -0.15) is 0 Å². The molecule has 0 bridgehead atoms. The second-order valence-electron chi connectivity index (χ2n) is 7.28. The lowest BCUT2D eigenvalue weighted by Gasteiger charge is -2.16. The zero-order valence-corrected chi connectivity index (χ0v) is 19.6. The predicted octanol–water partition coefficient (Wildman–Crippen LogP) is 3.92. The van der Waals surface area contributed by atoms with Gasteiger partial charge in [-0.05, 0) is 49.6 Å². The van der Waals surface area contributed by atoms with Crippen LogP contribution in [-0.2, 0) is 27.4 Å². The molecule has 0 saturated heterocycles. The Kier molecular flexibility index (Phi) is 7.17. The first-order chi connectivity index (χ1) is 14.7. The number of hydrogen-bond donors (Lipinski definition) is 1. The molecule has 9 heteroatoms. The van der Waals surface area contributed by atoms with Crippen LogP contribution in [-0.4, -0.2) is 34.3 Å². The van der Waals surface area contributed by atoms with Crippen LogP contribution in [0.4, 0.5) is 5.69 Å². The van der Waals surface area contributed by atoms with Crippen molar-refractivity contribution in [2.45, 2.75) is 48.2 Å². The summed E-state index contributed by atoms with van der Waals surface area (Å²) < 4.78 is 27.0. The summed E-state index contributed by atoms with van der Waals surface area (Å²) in [5.41, 5.74) is 2.93.